The molecule has 2 heterocycles. The SMILES string of the molecule is CCC.Cc1cc(N2CCCCCS2)ccc1C(=O)Nc1ccc(C)c(-c2nccc3ccccc23)c1. The number of carbonyl (C=O) groups excluding carboxylic acids is 1. The van der Waals surface area contributed by atoms with Crippen molar-refractivity contribution in [3.63, 3.8) is 0 Å². The van der Waals surface area contributed by atoms with Crippen LogP contribution in [0.5, 0.6) is 0 Å². The number of amides is 1. The number of pyridine rings is 1. The fourth-order valence-electron chi connectivity index (χ4n) is 4.52. The molecule has 0 unspecified atom stereocenters. The van der Waals surface area contributed by atoms with E-state index in [1.54, 1.807) is 0 Å². The van der Waals surface area contributed by atoms with Gasteiger partial charge in [0.2, 0.25) is 0 Å². The van der Waals surface area contributed by atoms with Gasteiger partial charge in [-0.2, -0.15) is 0 Å². The second-order valence-corrected chi connectivity index (χ2v) is 10.7. The van der Waals surface area contributed by atoms with Gasteiger partial charge >= 0.3 is 0 Å². The molecule has 0 saturated carbocycles. The quantitative estimate of drug-likeness (QED) is 0.278. The maximum absolute atomic E-state index is 13.2. The Morgan fingerprint density at radius 2 is 1.76 bits per heavy atom. The van der Waals surface area contributed by atoms with E-state index in [9.17, 15) is 4.79 Å². The third-order valence-corrected chi connectivity index (χ3v) is 7.60. The summed E-state index contributed by atoms with van der Waals surface area (Å²) in [6.07, 6.45) is 6.87. The van der Waals surface area contributed by atoms with Gasteiger partial charge in [-0.3, -0.25) is 9.78 Å². The summed E-state index contributed by atoms with van der Waals surface area (Å²) in [4.78, 5) is 17.8. The summed E-state index contributed by atoms with van der Waals surface area (Å²) in [6, 6.07) is 22.5. The zero-order chi connectivity index (χ0) is 26.2. The van der Waals surface area contributed by atoms with Crippen LogP contribution in [0.15, 0.2) is 72.9 Å². The first kappa shape index (κ1) is 26.7. The molecule has 1 amide bonds. The Morgan fingerprint density at radius 3 is 2.57 bits per heavy atom. The van der Waals surface area contributed by atoms with Gasteiger partial charge in [0.15, 0.2) is 0 Å². The van der Waals surface area contributed by atoms with E-state index in [1.165, 1.54) is 31.4 Å². The molecule has 1 aliphatic rings. The summed E-state index contributed by atoms with van der Waals surface area (Å²) in [5, 5.41) is 5.37. The fourth-order valence-corrected chi connectivity index (χ4v) is 5.60. The van der Waals surface area contributed by atoms with E-state index in [-0.39, 0.29) is 5.91 Å². The number of anilines is 2. The van der Waals surface area contributed by atoms with Crippen molar-refractivity contribution < 1.29 is 4.79 Å². The second-order valence-electron chi connectivity index (χ2n) is 9.57. The van der Waals surface area contributed by atoms with E-state index in [2.05, 4.69) is 59.6 Å². The molecule has 0 radical (unpaired) electrons. The Balaban J connectivity index is 0.00000102. The minimum Gasteiger partial charge on any atom is -0.322 e. The van der Waals surface area contributed by atoms with Crippen LogP contribution in [-0.4, -0.2) is 23.2 Å². The van der Waals surface area contributed by atoms with Crippen molar-refractivity contribution in [1.82, 2.24) is 4.98 Å². The maximum atomic E-state index is 13.2. The van der Waals surface area contributed by atoms with Crippen LogP contribution in [0.3, 0.4) is 0 Å². The number of nitrogens with one attached hydrogen (secondary N) is 1. The van der Waals surface area contributed by atoms with Gasteiger partial charge in [-0.1, -0.05) is 57.0 Å². The highest BCUT2D eigenvalue weighted by molar-refractivity contribution is 8.00. The van der Waals surface area contributed by atoms with Crippen molar-refractivity contribution in [2.75, 3.05) is 21.9 Å². The standard InChI is InChI=1S/C29H29N3OS.C3H8/c1-20-10-11-23(19-27(20)28-26-9-5-4-8-22(26)14-15-30-28)31-29(33)25-13-12-24(18-21(25)2)32-16-6-3-7-17-34-32;1-3-2/h4-5,8-15,18-19H,3,6-7,16-17H2,1-2H3,(H,31,33);3H2,1-2H3. The second kappa shape index (κ2) is 12.8. The summed E-state index contributed by atoms with van der Waals surface area (Å²) < 4.78 is 2.37. The monoisotopic (exact) mass is 511 g/mol. The highest BCUT2D eigenvalue weighted by Crippen LogP contribution is 2.32. The number of fused-ring (bicyclic) bond motifs is 1. The smallest absolute Gasteiger partial charge is 0.255 e. The van der Waals surface area contributed by atoms with Crippen LogP contribution < -0.4 is 9.62 Å². The molecule has 0 bridgehead atoms. The van der Waals surface area contributed by atoms with Crippen LogP contribution in [0.2, 0.25) is 0 Å². The van der Waals surface area contributed by atoms with Gasteiger partial charge in [0, 0.05) is 46.4 Å². The van der Waals surface area contributed by atoms with Crippen molar-refractivity contribution in [3.05, 3.63) is 89.6 Å². The number of benzene rings is 3. The summed E-state index contributed by atoms with van der Waals surface area (Å²) in [7, 11) is 0. The van der Waals surface area contributed by atoms with Gasteiger partial charge in [-0.25, -0.2) is 0 Å². The summed E-state index contributed by atoms with van der Waals surface area (Å²) >= 11 is 1.89. The molecule has 1 aliphatic heterocycles. The first-order valence-corrected chi connectivity index (χ1v) is 14.2. The number of carbonyl (C=O) groups is 1. The predicted octanol–water partition coefficient (Wildman–Crippen LogP) is 8.83. The lowest BCUT2D eigenvalue weighted by molar-refractivity contribution is 0.102. The summed E-state index contributed by atoms with van der Waals surface area (Å²) in [5.41, 5.74) is 6.73. The molecular formula is C32H37N3OS. The van der Waals surface area contributed by atoms with Crippen LogP contribution >= 0.6 is 11.9 Å². The topological polar surface area (TPSA) is 45.2 Å². The number of nitrogens with zero attached hydrogens (tertiary/aromatic N) is 2. The molecule has 37 heavy (non-hydrogen) atoms. The van der Waals surface area contributed by atoms with E-state index >= 15 is 0 Å². The number of aromatic nitrogens is 1. The summed E-state index contributed by atoms with van der Waals surface area (Å²) in [6.45, 7) is 9.40. The molecule has 192 valence electrons. The van der Waals surface area contributed by atoms with Crippen LogP contribution in [0, 0.1) is 13.8 Å². The minimum absolute atomic E-state index is 0.0896. The Bertz CT molecular complexity index is 1350. The van der Waals surface area contributed by atoms with Crippen LogP contribution in [0.4, 0.5) is 11.4 Å². The molecular weight excluding hydrogens is 474 g/mol. The first-order chi connectivity index (χ1) is 18.0. The van der Waals surface area contributed by atoms with Crippen molar-refractivity contribution in [1.29, 1.82) is 0 Å². The lowest BCUT2D eigenvalue weighted by Gasteiger charge is -2.22. The highest BCUT2D eigenvalue weighted by Gasteiger charge is 2.16. The number of hydrogen-bond acceptors (Lipinski definition) is 4. The molecule has 1 N–H and O–H groups in total. The molecule has 0 spiro atoms. The molecule has 1 saturated heterocycles. The molecule has 1 aromatic heterocycles. The summed E-state index contributed by atoms with van der Waals surface area (Å²) in [5.74, 6) is 1.07. The Labute approximate surface area is 225 Å². The average Bonchev–Trinajstić information content (AvgIpc) is 3.20. The van der Waals surface area contributed by atoms with E-state index in [0.29, 0.717) is 5.56 Å². The van der Waals surface area contributed by atoms with E-state index < -0.39 is 0 Å². The molecule has 1 fully saturated rings. The van der Waals surface area contributed by atoms with Gasteiger partial charge in [0.1, 0.15) is 0 Å². The predicted molar refractivity (Wildman–Crippen MR) is 161 cm³/mol. The highest BCUT2D eigenvalue weighted by atomic mass is 32.2. The molecule has 0 aliphatic carbocycles. The molecule has 4 aromatic rings. The maximum Gasteiger partial charge on any atom is 0.255 e. The van der Waals surface area contributed by atoms with Crippen molar-refractivity contribution in [2.45, 2.75) is 53.4 Å². The zero-order valence-electron chi connectivity index (χ0n) is 22.4. The minimum atomic E-state index is -0.0896. The van der Waals surface area contributed by atoms with Crippen molar-refractivity contribution >= 4 is 40.0 Å². The zero-order valence-corrected chi connectivity index (χ0v) is 23.2. The third kappa shape index (κ3) is 6.53. The Morgan fingerprint density at radius 1 is 0.946 bits per heavy atom. The molecule has 4 nitrogen and oxygen atoms in total. The first-order valence-electron chi connectivity index (χ1n) is 13.3. The largest absolute Gasteiger partial charge is 0.322 e. The number of hydrogen-bond donors (Lipinski definition) is 1. The lowest BCUT2D eigenvalue weighted by atomic mass is 9.99. The van der Waals surface area contributed by atoms with E-state index in [0.717, 1.165) is 51.1 Å². The van der Waals surface area contributed by atoms with Gasteiger partial charge in [0.25, 0.3) is 5.91 Å². The van der Waals surface area contributed by atoms with Crippen molar-refractivity contribution in [3.8, 4) is 11.3 Å². The van der Waals surface area contributed by atoms with Gasteiger partial charge in [0.05, 0.1) is 5.69 Å². The number of rotatable bonds is 4. The van der Waals surface area contributed by atoms with Gasteiger partial charge < -0.3 is 9.62 Å². The Kier molecular flexibility index (Phi) is 9.24. The molecule has 5 heteroatoms. The van der Waals surface area contributed by atoms with Gasteiger partial charge in [-0.15, -0.1) is 0 Å². The molecule has 0 atom stereocenters. The molecule has 3 aromatic carbocycles. The van der Waals surface area contributed by atoms with Crippen molar-refractivity contribution in [2.24, 2.45) is 0 Å². The number of aryl methyl sites for hydroxylation is 2. The van der Waals surface area contributed by atoms with Crippen LogP contribution in [0.25, 0.3) is 22.0 Å². The van der Waals surface area contributed by atoms with E-state index in [1.807, 2.05) is 67.5 Å². The van der Waals surface area contributed by atoms with Crippen LogP contribution in [0.1, 0.15) is 61.0 Å². The normalized spacial score (nSPS) is 13.5. The van der Waals surface area contributed by atoms with E-state index in [4.69, 9.17) is 0 Å². The van der Waals surface area contributed by atoms with Crippen LogP contribution in [-0.2, 0) is 0 Å². The third-order valence-electron chi connectivity index (χ3n) is 6.42. The average molecular weight is 512 g/mol. The molecule has 5 rings (SSSR count). The van der Waals surface area contributed by atoms with Gasteiger partial charge in [-0.05, 0) is 91.5 Å². The lowest BCUT2D eigenvalue weighted by Crippen LogP contribution is -2.17. The fraction of sp³-hybridized carbons (Fsp3) is 0.312. The Hall–Kier alpha value is -3.31.